The van der Waals surface area contributed by atoms with Gasteiger partial charge in [-0.05, 0) is 75.4 Å². The van der Waals surface area contributed by atoms with Gasteiger partial charge in [0.15, 0.2) is 17.3 Å². The maximum absolute atomic E-state index is 12.7. The highest BCUT2D eigenvalue weighted by Crippen LogP contribution is 2.35. The third kappa shape index (κ3) is 7.23. The fourth-order valence-electron chi connectivity index (χ4n) is 6.73. The molecule has 12 nitrogen and oxygen atoms in total. The van der Waals surface area contributed by atoms with E-state index in [1.807, 2.05) is 13.0 Å². The van der Waals surface area contributed by atoms with Gasteiger partial charge in [-0.2, -0.15) is 5.10 Å². The molecule has 0 bridgehead atoms. The Morgan fingerprint density at radius 1 is 1.00 bits per heavy atom. The van der Waals surface area contributed by atoms with Gasteiger partial charge in [0.25, 0.3) is 5.91 Å². The smallest absolute Gasteiger partial charge is 0.271 e. The highest BCUT2D eigenvalue weighted by Gasteiger charge is 2.28. The second-order valence-electron chi connectivity index (χ2n) is 13.1. The lowest BCUT2D eigenvalue weighted by Crippen LogP contribution is -2.52. The van der Waals surface area contributed by atoms with Crippen LogP contribution in [-0.2, 0) is 4.74 Å². The molecule has 6 rings (SSSR count). The molecule has 1 amide bonds. The Bertz CT molecular complexity index is 1470. The molecule has 45 heavy (non-hydrogen) atoms. The molecule has 0 aliphatic carbocycles. The number of likely N-dealkylation sites (N-methyl/N-ethyl adjacent to an activating group) is 1. The van der Waals surface area contributed by atoms with Crippen LogP contribution >= 0.6 is 0 Å². The van der Waals surface area contributed by atoms with Crippen molar-refractivity contribution in [1.29, 1.82) is 0 Å². The zero-order valence-electron chi connectivity index (χ0n) is 27.1. The lowest BCUT2D eigenvalue weighted by atomic mass is 9.96. The Morgan fingerprint density at radius 2 is 1.73 bits per heavy atom. The zero-order chi connectivity index (χ0) is 31.5. The molecule has 0 spiro atoms. The minimum absolute atomic E-state index is 0.0735. The van der Waals surface area contributed by atoms with Crippen LogP contribution in [0.5, 0.6) is 0 Å². The molecule has 0 saturated carbocycles. The zero-order valence-corrected chi connectivity index (χ0v) is 27.1. The second kappa shape index (κ2) is 13.7. The summed E-state index contributed by atoms with van der Waals surface area (Å²) in [6.45, 7) is 14.5. The summed E-state index contributed by atoms with van der Waals surface area (Å²) in [4.78, 5) is 30.0. The van der Waals surface area contributed by atoms with Crippen molar-refractivity contribution in [1.82, 2.24) is 30.0 Å². The van der Waals surface area contributed by atoms with Crippen LogP contribution in [-0.4, -0.2) is 107 Å². The van der Waals surface area contributed by atoms with Gasteiger partial charge in [0.2, 0.25) is 0 Å². The molecular weight excluding hydrogens is 568 g/mol. The normalized spacial score (nSPS) is 19.3. The standard InChI is InChI=1S/C33H48N10O2/c1-21(2)26-20-24(5-6-28(26)43-11-7-25(8-12-43)42-15-13-41(4)14-16-42)36-33-30(31(34)44)37-29(27-19-22(3)39-40-27)32(38-33)35-23-9-17-45-18-10-23/h5-6,19-21,23,25H,7-18H2,1-4H3,(H2,34,44)(H,39,40)(H2,35,36,38). The molecule has 2 aromatic heterocycles. The van der Waals surface area contributed by atoms with Crippen LogP contribution in [0.25, 0.3) is 11.4 Å². The molecule has 12 heteroatoms. The number of aryl methyl sites for hydroxylation is 1. The summed E-state index contributed by atoms with van der Waals surface area (Å²) in [7, 11) is 2.22. The number of carbonyl (C=O) groups excluding carboxylic acids is 1. The third-order valence-electron chi connectivity index (χ3n) is 9.41. The number of rotatable bonds is 9. The summed E-state index contributed by atoms with van der Waals surface area (Å²) in [5.74, 6) is 0.545. The average Bonchev–Trinajstić information content (AvgIpc) is 3.48. The van der Waals surface area contributed by atoms with Crippen molar-refractivity contribution >= 4 is 28.9 Å². The number of aromatic nitrogens is 4. The van der Waals surface area contributed by atoms with Gasteiger partial charge in [0.05, 0.1) is 0 Å². The molecule has 1 aromatic carbocycles. The van der Waals surface area contributed by atoms with Crippen molar-refractivity contribution in [3.63, 3.8) is 0 Å². The molecule has 3 saturated heterocycles. The Labute approximate surface area is 266 Å². The summed E-state index contributed by atoms with van der Waals surface area (Å²) in [5.41, 5.74) is 11.3. The van der Waals surface area contributed by atoms with E-state index in [2.05, 4.69) is 74.6 Å². The summed E-state index contributed by atoms with van der Waals surface area (Å²) in [6, 6.07) is 9.17. The average molecular weight is 617 g/mol. The number of nitrogens with zero attached hydrogens (tertiary/aromatic N) is 6. The number of H-pyrrole nitrogens is 1. The molecular formula is C33H48N10O2. The monoisotopic (exact) mass is 616 g/mol. The summed E-state index contributed by atoms with van der Waals surface area (Å²) in [6.07, 6.45) is 4.08. The number of piperazine rings is 1. The van der Waals surface area contributed by atoms with E-state index in [4.69, 9.17) is 20.4 Å². The van der Waals surface area contributed by atoms with Gasteiger partial charge in [-0.25, -0.2) is 9.97 Å². The predicted molar refractivity (Wildman–Crippen MR) is 178 cm³/mol. The number of nitrogens with one attached hydrogen (secondary N) is 3. The number of carbonyl (C=O) groups is 1. The number of aromatic amines is 1. The van der Waals surface area contributed by atoms with Crippen molar-refractivity contribution in [2.24, 2.45) is 5.73 Å². The fraction of sp³-hybridized carbons (Fsp3) is 0.576. The molecule has 3 aliphatic rings. The number of hydrogen-bond donors (Lipinski definition) is 4. The number of amides is 1. The minimum Gasteiger partial charge on any atom is -0.381 e. The van der Waals surface area contributed by atoms with E-state index >= 15 is 0 Å². The number of anilines is 4. The molecule has 0 radical (unpaired) electrons. The first-order chi connectivity index (χ1) is 21.7. The van der Waals surface area contributed by atoms with E-state index < -0.39 is 5.91 Å². The molecule has 5 heterocycles. The van der Waals surface area contributed by atoms with E-state index in [1.54, 1.807) is 0 Å². The largest absolute Gasteiger partial charge is 0.381 e. The lowest BCUT2D eigenvalue weighted by Gasteiger charge is -2.43. The first-order valence-electron chi connectivity index (χ1n) is 16.4. The molecule has 0 atom stereocenters. The van der Waals surface area contributed by atoms with Crippen LogP contribution in [0.1, 0.15) is 67.2 Å². The maximum atomic E-state index is 12.7. The van der Waals surface area contributed by atoms with Crippen molar-refractivity contribution in [2.75, 3.05) is 75.1 Å². The van der Waals surface area contributed by atoms with Crippen LogP contribution in [0.4, 0.5) is 23.0 Å². The topological polar surface area (TPSA) is 141 Å². The van der Waals surface area contributed by atoms with Crippen LogP contribution in [0.2, 0.25) is 0 Å². The van der Waals surface area contributed by atoms with Gasteiger partial charge in [0.1, 0.15) is 11.4 Å². The van der Waals surface area contributed by atoms with E-state index in [0.29, 0.717) is 48.2 Å². The van der Waals surface area contributed by atoms with Crippen molar-refractivity contribution in [2.45, 2.75) is 64.5 Å². The maximum Gasteiger partial charge on any atom is 0.271 e. The number of benzene rings is 1. The molecule has 0 unspecified atom stereocenters. The van der Waals surface area contributed by atoms with Gasteiger partial charge < -0.3 is 30.9 Å². The van der Waals surface area contributed by atoms with Crippen molar-refractivity contribution in [3.8, 4) is 11.4 Å². The molecule has 5 N–H and O–H groups in total. The highest BCUT2D eigenvalue weighted by atomic mass is 16.5. The Balaban J connectivity index is 1.25. The Kier molecular flexibility index (Phi) is 9.53. The quantitative estimate of drug-likeness (QED) is 0.279. The van der Waals surface area contributed by atoms with Gasteiger partial charge in [0, 0.05) is 81.6 Å². The molecule has 3 fully saturated rings. The number of primary amides is 1. The molecule has 3 aliphatic heterocycles. The van der Waals surface area contributed by atoms with E-state index in [1.165, 1.54) is 37.2 Å². The van der Waals surface area contributed by atoms with Gasteiger partial charge in [-0.3, -0.25) is 14.8 Å². The van der Waals surface area contributed by atoms with Crippen LogP contribution in [0.3, 0.4) is 0 Å². The predicted octanol–water partition coefficient (Wildman–Crippen LogP) is 3.95. The second-order valence-corrected chi connectivity index (χ2v) is 13.1. The SMILES string of the molecule is Cc1cc(-c2nc(C(N)=O)c(Nc3ccc(N4CCC(N5CCN(C)CC5)CC4)c(C(C)C)c3)nc2NC2CCOCC2)n[nH]1. The summed E-state index contributed by atoms with van der Waals surface area (Å²) < 4.78 is 5.56. The van der Waals surface area contributed by atoms with Crippen LogP contribution in [0, 0.1) is 6.92 Å². The number of piperidine rings is 1. The number of nitrogens with two attached hydrogens (primary N) is 1. The first kappa shape index (κ1) is 31.3. The summed E-state index contributed by atoms with van der Waals surface area (Å²) in [5, 5.41) is 14.3. The Morgan fingerprint density at radius 3 is 2.38 bits per heavy atom. The van der Waals surface area contributed by atoms with Crippen LogP contribution < -0.4 is 21.3 Å². The highest BCUT2D eigenvalue weighted by molar-refractivity contribution is 5.97. The fourth-order valence-corrected chi connectivity index (χ4v) is 6.73. The number of ether oxygens (including phenoxy) is 1. The van der Waals surface area contributed by atoms with E-state index in [0.717, 1.165) is 50.4 Å². The van der Waals surface area contributed by atoms with Gasteiger partial charge in [-0.15, -0.1) is 0 Å². The number of hydrogen-bond acceptors (Lipinski definition) is 10. The molecule has 3 aromatic rings. The third-order valence-corrected chi connectivity index (χ3v) is 9.41. The molecule has 242 valence electrons. The minimum atomic E-state index is -0.653. The first-order valence-corrected chi connectivity index (χ1v) is 16.4. The van der Waals surface area contributed by atoms with E-state index in [9.17, 15) is 4.79 Å². The van der Waals surface area contributed by atoms with Gasteiger partial charge in [-0.1, -0.05) is 13.8 Å². The van der Waals surface area contributed by atoms with Crippen molar-refractivity contribution in [3.05, 3.63) is 41.2 Å². The van der Waals surface area contributed by atoms with E-state index in [-0.39, 0.29) is 11.7 Å². The lowest BCUT2D eigenvalue weighted by molar-refractivity contribution is 0.0904. The van der Waals surface area contributed by atoms with Gasteiger partial charge >= 0.3 is 0 Å². The summed E-state index contributed by atoms with van der Waals surface area (Å²) >= 11 is 0. The Hall–Kier alpha value is -3.74. The van der Waals surface area contributed by atoms with Crippen molar-refractivity contribution < 1.29 is 9.53 Å². The van der Waals surface area contributed by atoms with Crippen LogP contribution in [0.15, 0.2) is 24.3 Å².